The molecule has 0 aliphatic heterocycles. The van der Waals surface area contributed by atoms with Crippen molar-refractivity contribution in [1.29, 1.82) is 0 Å². The maximum Gasteiger partial charge on any atom is 0.251 e. The number of carbonyl (C=O) groups excluding carboxylic acids is 1. The van der Waals surface area contributed by atoms with Crippen molar-refractivity contribution in [2.45, 2.75) is 83.7 Å². The van der Waals surface area contributed by atoms with Gasteiger partial charge in [-0.25, -0.2) is 0 Å². The Balaban J connectivity index is 2.08. The molecule has 30 heavy (non-hydrogen) atoms. The van der Waals surface area contributed by atoms with Crippen molar-refractivity contribution in [3.05, 3.63) is 42.0 Å². The molecule has 0 saturated heterocycles. The molecule has 1 atom stereocenters. The van der Waals surface area contributed by atoms with Gasteiger partial charge >= 0.3 is 0 Å². The number of nitrogens with one attached hydrogen (secondary N) is 2. The summed E-state index contributed by atoms with van der Waals surface area (Å²) in [6.07, 6.45) is 17.9. The van der Waals surface area contributed by atoms with Crippen molar-refractivity contribution < 1.29 is 15.0 Å². The van der Waals surface area contributed by atoms with Gasteiger partial charge in [-0.15, -0.1) is 0 Å². The number of amides is 1. The van der Waals surface area contributed by atoms with Gasteiger partial charge in [-0.05, 0) is 43.9 Å². The summed E-state index contributed by atoms with van der Waals surface area (Å²) in [6, 6.07) is 7.32. The summed E-state index contributed by atoms with van der Waals surface area (Å²) in [5.41, 5.74) is 1.45. The van der Waals surface area contributed by atoms with Crippen LogP contribution < -0.4 is 10.6 Å². The third-order valence-electron chi connectivity index (χ3n) is 5.10. The maximum absolute atomic E-state index is 12.1. The highest BCUT2D eigenvalue weighted by atomic mass is 16.3. The molecule has 0 fully saturated rings. The first kappa shape index (κ1) is 26.2. The summed E-state index contributed by atoms with van der Waals surface area (Å²) < 4.78 is 0. The molecule has 0 bridgehead atoms. The first-order valence-corrected chi connectivity index (χ1v) is 11.7. The van der Waals surface area contributed by atoms with Crippen LogP contribution in [-0.2, 0) is 0 Å². The van der Waals surface area contributed by atoms with E-state index in [1.807, 2.05) is 12.1 Å². The van der Waals surface area contributed by atoms with Gasteiger partial charge in [-0.3, -0.25) is 4.79 Å². The van der Waals surface area contributed by atoms with E-state index in [2.05, 4.69) is 29.7 Å². The first-order chi connectivity index (χ1) is 14.7. The molecule has 0 saturated carbocycles. The lowest BCUT2D eigenvalue weighted by Crippen LogP contribution is -2.33. The second-order valence-electron chi connectivity index (χ2n) is 7.93. The molecule has 1 rings (SSSR count). The number of anilines is 1. The molecule has 5 heteroatoms. The molecule has 170 valence electrons. The van der Waals surface area contributed by atoms with Crippen LogP contribution in [0.3, 0.4) is 0 Å². The Bertz CT molecular complexity index is 590. The third kappa shape index (κ3) is 13.4. The monoisotopic (exact) mass is 418 g/mol. The molecule has 1 amide bonds. The highest BCUT2D eigenvalue weighted by Gasteiger charge is 2.08. The Morgan fingerprint density at radius 1 is 1.00 bits per heavy atom. The Morgan fingerprint density at radius 2 is 1.67 bits per heavy atom. The number of allylic oxidation sites excluding steroid dienone is 2. The van der Waals surface area contributed by atoms with Crippen molar-refractivity contribution >= 4 is 11.6 Å². The molecule has 0 radical (unpaired) electrons. The zero-order valence-corrected chi connectivity index (χ0v) is 18.7. The van der Waals surface area contributed by atoms with Gasteiger partial charge in [0.2, 0.25) is 0 Å². The fourth-order valence-corrected chi connectivity index (χ4v) is 3.23. The quantitative estimate of drug-likeness (QED) is 0.199. The second-order valence-corrected chi connectivity index (χ2v) is 7.93. The minimum absolute atomic E-state index is 0.0400. The SMILES string of the molecule is CCCCCCCCCC/C=C/CCCNc1cccc(C(=O)NCC(O)CO)c1. The lowest BCUT2D eigenvalue weighted by Gasteiger charge is -2.10. The Kier molecular flexibility index (Phi) is 15.7. The van der Waals surface area contributed by atoms with Gasteiger partial charge in [0.1, 0.15) is 0 Å². The molecular formula is C25H42N2O3. The number of hydrogen-bond acceptors (Lipinski definition) is 4. The standard InChI is InChI=1S/C25H42N2O3/c1-2-3-4-5-6-7-8-9-10-11-12-13-14-18-26-23-17-15-16-22(19-23)25(30)27-20-24(29)21-28/h11-12,15-17,19,24,26,28-29H,2-10,13-14,18,20-21H2,1H3,(H,27,30)/b12-11+. The fourth-order valence-electron chi connectivity index (χ4n) is 3.23. The number of aliphatic hydroxyl groups is 2. The topological polar surface area (TPSA) is 81.6 Å². The van der Waals surface area contributed by atoms with E-state index in [4.69, 9.17) is 5.11 Å². The summed E-state index contributed by atoms with van der Waals surface area (Å²) in [4.78, 5) is 12.1. The van der Waals surface area contributed by atoms with E-state index in [-0.39, 0.29) is 19.1 Å². The highest BCUT2D eigenvalue weighted by molar-refractivity contribution is 5.95. The molecule has 0 aromatic heterocycles. The minimum atomic E-state index is -0.932. The van der Waals surface area contributed by atoms with E-state index in [0.29, 0.717) is 5.56 Å². The maximum atomic E-state index is 12.1. The lowest BCUT2D eigenvalue weighted by molar-refractivity contribution is 0.0802. The van der Waals surface area contributed by atoms with Gasteiger partial charge in [0.25, 0.3) is 5.91 Å². The fraction of sp³-hybridized carbons (Fsp3) is 0.640. The largest absolute Gasteiger partial charge is 0.394 e. The van der Waals surface area contributed by atoms with Crippen LogP contribution in [-0.4, -0.2) is 41.9 Å². The van der Waals surface area contributed by atoms with Crippen molar-refractivity contribution in [2.24, 2.45) is 0 Å². The smallest absolute Gasteiger partial charge is 0.251 e. The van der Waals surface area contributed by atoms with Crippen molar-refractivity contribution in [3.63, 3.8) is 0 Å². The predicted molar refractivity (Wildman–Crippen MR) is 126 cm³/mol. The minimum Gasteiger partial charge on any atom is -0.394 e. The van der Waals surface area contributed by atoms with E-state index in [1.165, 1.54) is 57.8 Å². The second kappa shape index (κ2) is 18.0. The van der Waals surface area contributed by atoms with E-state index in [9.17, 15) is 9.90 Å². The molecule has 0 aliphatic rings. The molecular weight excluding hydrogens is 376 g/mol. The molecule has 0 heterocycles. The molecule has 1 aromatic carbocycles. The van der Waals surface area contributed by atoms with Crippen LogP contribution >= 0.6 is 0 Å². The van der Waals surface area contributed by atoms with Crippen LogP contribution in [0.25, 0.3) is 0 Å². The Labute approximate surface area is 183 Å². The number of rotatable bonds is 18. The van der Waals surface area contributed by atoms with Gasteiger partial charge in [0.05, 0.1) is 12.7 Å². The number of aliphatic hydroxyl groups excluding tert-OH is 2. The number of hydrogen-bond donors (Lipinski definition) is 4. The Morgan fingerprint density at radius 3 is 2.37 bits per heavy atom. The van der Waals surface area contributed by atoms with Gasteiger partial charge in [0, 0.05) is 24.3 Å². The zero-order chi connectivity index (χ0) is 21.9. The Hall–Kier alpha value is -1.85. The van der Waals surface area contributed by atoms with Crippen LogP contribution in [0.2, 0.25) is 0 Å². The first-order valence-electron chi connectivity index (χ1n) is 11.7. The van der Waals surface area contributed by atoms with Crippen LogP contribution in [0, 0.1) is 0 Å². The third-order valence-corrected chi connectivity index (χ3v) is 5.10. The number of unbranched alkanes of at least 4 members (excludes halogenated alkanes) is 9. The van der Waals surface area contributed by atoms with Crippen molar-refractivity contribution in [1.82, 2.24) is 5.32 Å². The number of carbonyl (C=O) groups is 1. The van der Waals surface area contributed by atoms with Crippen LogP contribution in [0.5, 0.6) is 0 Å². The number of benzene rings is 1. The molecule has 0 spiro atoms. The van der Waals surface area contributed by atoms with Crippen molar-refractivity contribution in [3.8, 4) is 0 Å². The molecule has 4 N–H and O–H groups in total. The van der Waals surface area contributed by atoms with Gasteiger partial charge in [-0.1, -0.05) is 70.1 Å². The molecule has 1 unspecified atom stereocenters. The summed E-state index contributed by atoms with van der Waals surface area (Å²) in [6.45, 7) is 2.79. The summed E-state index contributed by atoms with van der Waals surface area (Å²) in [7, 11) is 0. The normalized spacial score (nSPS) is 12.2. The van der Waals surface area contributed by atoms with E-state index < -0.39 is 6.10 Å². The van der Waals surface area contributed by atoms with E-state index >= 15 is 0 Å². The molecule has 1 aromatic rings. The lowest BCUT2D eigenvalue weighted by atomic mass is 10.1. The summed E-state index contributed by atoms with van der Waals surface area (Å²) in [5, 5.41) is 24.1. The van der Waals surface area contributed by atoms with Gasteiger partial charge < -0.3 is 20.8 Å². The van der Waals surface area contributed by atoms with Crippen LogP contribution in [0.1, 0.15) is 87.9 Å². The highest BCUT2D eigenvalue weighted by Crippen LogP contribution is 2.12. The van der Waals surface area contributed by atoms with Crippen molar-refractivity contribution in [2.75, 3.05) is 25.0 Å². The summed E-state index contributed by atoms with van der Waals surface area (Å²) >= 11 is 0. The van der Waals surface area contributed by atoms with Crippen LogP contribution in [0.4, 0.5) is 5.69 Å². The molecule has 5 nitrogen and oxygen atoms in total. The van der Waals surface area contributed by atoms with Crippen LogP contribution in [0.15, 0.2) is 36.4 Å². The zero-order valence-electron chi connectivity index (χ0n) is 18.7. The molecule has 0 aliphatic carbocycles. The van der Waals surface area contributed by atoms with Gasteiger partial charge in [0.15, 0.2) is 0 Å². The average Bonchev–Trinajstić information content (AvgIpc) is 2.77. The average molecular weight is 419 g/mol. The predicted octanol–water partition coefficient (Wildman–Crippen LogP) is 5.05. The van der Waals surface area contributed by atoms with E-state index in [1.54, 1.807) is 12.1 Å². The van der Waals surface area contributed by atoms with Gasteiger partial charge in [-0.2, -0.15) is 0 Å². The summed E-state index contributed by atoms with van der Waals surface area (Å²) in [5.74, 6) is -0.255. The van der Waals surface area contributed by atoms with E-state index in [0.717, 1.165) is 25.1 Å².